The quantitative estimate of drug-likeness (QED) is 0.257. The highest BCUT2D eigenvalue weighted by atomic mass is 35.5. The molecule has 0 aromatic heterocycles. The molecule has 1 saturated heterocycles. The number of ether oxygens (including phenoxy) is 1. The third kappa shape index (κ3) is 4.15. The van der Waals surface area contributed by atoms with E-state index < -0.39 is 69.7 Å². The molecule has 1 amide bonds. The van der Waals surface area contributed by atoms with Crippen molar-refractivity contribution in [3.63, 3.8) is 0 Å². The van der Waals surface area contributed by atoms with Crippen LogP contribution in [0, 0.1) is 5.82 Å². The zero-order chi connectivity index (χ0) is 27.8. The Labute approximate surface area is 218 Å². The number of hydrogen-bond acceptors (Lipinski definition) is 5. The number of oxime groups is 1. The zero-order valence-corrected chi connectivity index (χ0v) is 20.2. The molecule has 3 heterocycles. The Hall–Kier alpha value is -3.06. The predicted molar refractivity (Wildman–Crippen MR) is 117 cm³/mol. The Morgan fingerprint density at radius 3 is 2.26 bits per heavy atom. The summed E-state index contributed by atoms with van der Waals surface area (Å²) in [5.41, 5.74) is -4.86. The molecule has 0 bridgehead atoms. The minimum atomic E-state index is -5.04. The number of rotatable bonds is 3. The summed E-state index contributed by atoms with van der Waals surface area (Å²) in [7, 11) is 0. The van der Waals surface area contributed by atoms with Crippen molar-refractivity contribution in [2.45, 2.75) is 36.4 Å². The number of carbonyl (C=O) groups is 2. The lowest BCUT2D eigenvalue weighted by Gasteiger charge is -2.46. The van der Waals surface area contributed by atoms with Crippen molar-refractivity contribution in [2.75, 3.05) is 13.1 Å². The van der Waals surface area contributed by atoms with Crippen molar-refractivity contribution in [3.8, 4) is 0 Å². The SMILES string of the molecule is O=C1OC2(CN(C(=O)CC(F)(F)F)C2)c2ccc(C3=NOC(c4cc(Cl)c(F)c(Cl)c4)(C(F)(F)F)C3)cc21. The Morgan fingerprint density at radius 2 is 1.68 bits per heavy atom. The molecule has 2 aromatic carbocycles. The van der Waals surface area contributed by atoms with Crippen molar-refractivity contribution in [2.24, 2.45) is 5.16 Å². The number of alkyl halides is 6. The lowest BCUT2D eigenvalue weighted by atomic mass is 9.83. The molecule has 202 valence electrons. The van der Waals surface area contributed by atoms with E-state index in [4.69, 9.17) is 32.8 Å². The van der Waals surface area contributed by atoms with E-state index in [0.29, 0.717) is 0 Å². The second kappa shape index (κ2) is 8.47. The molecular weight excluding hydrogens is 572 g/mol. The maximum atomic E-state index is 14.2. The fourth-order valence-electron chi connectivity index (χ4n) is 4.69. The summed E-state index contributed by atoms with van der Waals surface area (Å²) in [6.45, 7) is -0.597. The van der Waals surface area contributed by atoms with Gasteiger partial charge < -0.3 is 14.5 Å². The van der Waals surface area contributed by atoms with Crippen LogP contribution in [-0.2, 0) is 25.6 Å². The van der Waals surface area contributed by atoms with Crippen LogP contribution in [0.2, 0.25) is 10.0 Å². The van der Waals surface area contributed by atoms with Gasteiger partial charge in [-0.25, -0.2) is 9.18 Å². The highest BCUT2D eigenvalue weighted by Gasteiger charge is 2.63. The first-order chi connectivity index (χ1) is 17.6. The number of halogens is 9. The predicted octanol–water partition coefficient (Wildman–Crippen LogP) is 5.88. The number of benzene rings is 2. The second-order valence-electron chi connectivity index (χ2n) is 9.07. The molecule has 15 heteroatoms. The molecule has 6 nitrogen and oxygen atoms in total. The number of carbonyl (C=O) groups excluding carboxylic acids is 2. The number of nitrogens with zero attached hydrogens (tertiary/aromatic N) is 2. The molecule has 0 radical (unpaired) electrons. The number of likely N-dealkylation sites (tertiary alicyclic amines) is 1. The molecule has 3 aliphatic rings. The fraction of sp³-hybridized carbons (Fsp3) is 0.348. The van der Waals surface area contributed by atoms with Crippen molar-refractivity contribution < 1.29 is 49.9 Å². The Morgan fingerprint density at radius 1 is 1.05 bits per heavy atom. The van der Waals surface area contributed by atoms with Gasteiger partial charge in [0.05, 0.1) is 34.4 Å². The molecule has 0 saturated carbocycles. The van der Waals surface area contributed by atoms with Gasteiger partial charge in [-0.15, -0.1) is 0 Å². The van der Waals surface area contributed by atoms with Gasteiger partial charge >= 0.3 is 18.3 Å². The average Bonchev–Trinajstić information content (AvgIpc) is 3.35. The minimum absolute atomic E-state index is 0.0366. The van der Waals surface area contributed by atoms with Crippen LogP contribution >= 0.6 is 23.2 Å². The lowest BCUT2D eigenvalue weighted by molar-refractivity contribution is -0.275. The summed E-state index contributed by atoms with van der Waals surface area (Å²) in [5, 5.41) is 2.28. The lowest BCUT2D eigenvalue weighted by Crippen LogP contribution is -2.61. The first kappa shape index (κ1) is 26.5. The summed E-state index contributed by atoms with van der Waals surface area (Å²) in [6.07, 6.45) is -12.3. The summed E-state index contributed by atoms with van der Waals surface area (Å²) in [4.78, 5) is 30.1. The highest BCUT2D eigenvalue weighted by molar-refractivity contribution is 6.35. The smallest absolute Gasteiger partial charge is 0.435 e. The molecule has 1 atom stereocenters. The molecule has 38 heavy (non-hydrogen) atoms. The van der Waals surface area contributed by atoms with Crippen LogP contribution in [-0.4, -0.2) is 47.9 Å². The van der Waals surface area contributed by atoms with Gasteiger partial charge in [0.15, 0.2) is 11.4 Å². The van der Waals surface area contributed by atoms with Crippen molar-refractivity contribution in [1.82, 2.24) is 4.90 Å². The molecule has 1 unspecified atom stereocenters. The average molecular weight is 585 g/mol. The third-order valence-electron chi connectivity index (χ3n) is 6.58. The van der Waals surface area contributed by atoms with Crippen LogP contribution in [0.5, 0.6) is 0 Å². The van der Waals surface area contributed by atoms with Crippen LogP contribution in [0.15, 0.2) is 35.5 Å². The molecule has 0 aliphatic carbocycles. The van der Waals surface area contributed by atoms with Gasteiger partial charge in [-0.3, -0.25) is 4.79 Å². The van der Waals surface area contributed by atoms with Crippen LogP contribution in [0.25, 0.3) is 0 Å². The normalized spacial score (nSPS) is 22.1. The van der Waals surface area contributed by atoms with E-state index in [1.54, 1.807) is 0 Å². The van der Waals surface area contributed by atoms with Gasteiger partial charge in [-0.2, -0.15) is 26.3 Å². The molecular formula is C23H13Cl2F7N2O4. The minimum Gasteiger partial charge on any atom is -0.447 e. The summed E-state index contributed by atoms with van der Waals surface area (Å²) >= 11 is 11.4. The van der Waals surface area contributed by atoms with Gasteiger partial charge in [0.2, 0.25) is 5.91 Å². The summed E-state index contributed by atoms with van der Waals surface area (Å²) < 4.78 is 99.5. The summed E-state index contributed by atoms with van der Waals surface area (Å²) in [6, 6.07) is 5.43. The van der Waals surface area contributed by atoms with Crippen LogP contribution in [0.3, 0.4) is 0 Å². The standard InChI is InChI=1S/C23H13Cl2F7N2O4/c24-14-4-11(5-15(25)18(14)26)21(23(30,31)32)6-16(33-38-21)10-1-2-13-12(3-10)19(36)37-20(13)8-34(9-20)17(35)7-22(27,28)29/h1-5H,6-9H2. The Bertz CT molecular complexity index is 1380. The van der Waals surface area contributed by atoms with E-state index in [1.807, 2.05) is 0 Å². The highest BCUT2D eigenvalue weighted by Crippen LogP contribution is 2.51. The number of fused-ring (bicyclic) bond motifs is 2. The monoisotopic (exact) mass is 584 g/mol. The van der Waals surface area contributed by atoms with Crippen LogP contribution in [0.4, 0.5) is 30.7 Å². The van der Waals surface area contributed by atoms with E-state index in [1.165, 1.54) is 18.2 Å². The largest absolute Gasteiger partial charge is 0.447 e. The van der Waals surface area contributed by atoms with Gasteiger partial charge in [-0.05, 0) is 18.2 Å². The van der Waals surface area contributed by atoms with E-state index in [2.05, 4.69) is 5.16 Å². The van der Waals surface area contributed by atoms with Crippen LogP contribution < -0.4 is 0 Å². The van der Waals surface area contributed by atoms with E-state index in [9.17, 15) is 40.3 Å². The van der Waals surface area contributed by atoms with Gasteiger partial charge in [0.1, 0.15) is 6.42 Å². The molecule has 2 aromatic rings. The van der Waals surface area contributed by atoms with E-state index in [0.717, 1.165) is 17.0 Å². The maximum Gasteiger partial charge on any atom is 0.435 e. The molecule has 5 rings (SSSR count). The number of amides is 1. The summed E-state index contributed by atoms with van der Waals surface area (Å²) in [5.74, 6) is -3.14. The molecule has 0 N–H and O–H groups in total. The molecule has 3 aliphatic heterocycles. The molecule has 1 spiro atoms. The van der Waals surface area contributed by atoms with Crippen molar-refractivity contribution >= 4 is 40.8 Å². The Balaban J connectivity index is 1.41. The fourth-order valence-corrected chi connectivity index (χ4v) is 5.18. The Kier molecular flexibility index (Phi) is 5.92. The number of hydrogen-bond donors (Lipinski definition) is 0. The van der Waals surface area contributed by atoms with E-state index in [-0.39, 0.29) is 35.5 Å². The first-order valence-electron chi connectivity index (χ1n) is 10.7. The number of esters is 1. The van der Waals surface area contributed by atoms with Crippen molar-refractivity contribution in [3.05, 3.63) is 68.4 Å². The van der Waals surface area contributed by atoms with Gasteiger partial charge in [0.25, 0.3) is 5.60 Å². The first-order valence-corrected chi connectivity index (χ1v) is 11.5. The van der Waals surface area contributed by atoms with E-state index >= 15 is 0 Å². The second-order valence-corrected chi connectivity index (χ2v) is 9.89. The molecule has 1 fully saturated rings. The topological polar surface area (TPSA) is 68.2 Å². The third-order valence-corrected chi connectivity index (χ3v) is 7.13. The van der Waals surface area contributed by atoms with Crippen molar-refractivity contribution in [1.29, 1.82) is 0 Å². The van der Waals surface area contributed by atoms with Crippen LogP contribution in [0.1, 0.15) is 39.9 Å². The van der Waals surface area contributed by atoms with Gasteiger partial charge in [0, 0.05) is 23.1 Å². The maximum absolute atomic E-state index is 14.2. The van der Waals surface area contributed by atoms with Gasteiger partial charge in [-0.1, -0.05) is 40.5 Å². The zero-order valence-electron chi connectivity index (χ0n) is 18.6.